The zero-order valence-corrected chi connectivity index (χ0v) is 11.4. The summed E-state index contributed by atoms with van der Waals surface area (Å²) in [5.41, 5.74) is 0. The molecule has 0 aromatic rings. The maximum absolute atomic E-state index is 11.5. The summed E-state index contributed by atoms with van der Waals surface area (Å²) in [6, 6.07) is 0. The molecule has 0 bridgehead atoms. The molecular weight excluding hydrogens is 240 g/mol. The minimum absolute atomic E-state index is 0.00953. The summed E-state index contributed by atoms with van der Waals surface area (Å²) in [5, 5.41) is 2.76. The van der Waals surface area contributed by atoms with E-state index in [-0.39, 0.29) is 11.7 Å². The van der Waals surface area contributed by atoms with Crippen molar-refractivity contribution in [3.8, 4) is 0 Å². The third kappa shape index (κ3) is 5.04. The molecule has 0 saturated carbocycles. The van der Waals surface area contributed by atoms with Crippen LogP contribution in [0.1, 0.15) is 33.1 Å². The predicted molar refractivity (Wildman–Crippen MR) is 67.1 cm³/mol. The second kappa shape index (κ2) is 6.35. The van der Waals surface area contributed by atoms with Crippen LogP contribution < -0.4 is 5.32 Å². The van der Waals surface area contributed by atoms with Crippen molar-refractivity contribution in [1.82, 2.24) is 9.62 Å². The van der Waals surface area contributed by atoms with Gasteiger partial charge >= 0.3 is 0 Å². The van der Waals surface area contributed by atoms with Gasteiger partial charge in [0.1, 0.15) is 0 Å². The molecular formula is C11H22N2O3S. The van der Waals surface area contributed by atoms with Crippen LogP contribution in [0.4, 0.5) is 0 Å². The van der Waals surface area contributed by atoms with Crippen LogP contribution >= 0.6 is 0 Å². The van der Waals surface area contributed by atoms with E-state index in [1.54, 1.807) is 0 Å². The second-order valence-corrected chi connectivity index (χ2v) is 6.94. The largest absolute Gasteiger partial charge is 0.355 e. The highest BCUT2D eigenvalue weighted by Gasteiger charge is 2.27. The van der Waals surface area contributed by atoms with E-state index in [2.05, 4.69) is 19.2 Å². The molecule has 0 aromatic carbocycles. The Bertz CT molecular complexity index is 352. The Balaban J connectivity index is 2.17. The van der Waals surface area contributed by atoms with Crippen molar-refractivity contribution in [2.45, 2.75) is 33.1 Å². The van der Waals surface area contributed by atoms with Gasteiger partial charge in [-0.3, -0.25) is 4.79 Å². The standard InChI is InChI=1S/C11H22N2O3S/c1-10(2)4-5-11(14)12-6-8-13-7-3-9-17(13,15)16/h10H,3-9H2,1-2H3,(H,12,14). The summed E-state index contributed by atoms with van der Waals surface area (Å²) in [7, 11) is -3.03. The molecule has 1 aliphatic heterocycles. The fraction of sp³-hybridized carbons (Fsp3) is 0.909. The first-order chi connectivity index (χ1) is 7.92. The molecule has 0 radical (unpaired) electrons. The molecule has 1 fully saturated rings. The lowest BCUT2D eigenvalue weighted by Gasteiger charge is -2.14. The van der Waals surface area contributed by atoms with Crippen molar-refractivity contribution in [2.24, 2.45) is 5.92 Å². The zero-order valence-electron chi connectivity index (χ0n) is 10.6. The molecule has 1 saturated heterocycles. The van der Waals surface area contributed by atoms with E-state index in [1.165, 1.54) is 4.31 Å². The number of sulfonamides is 1. The van der Waals surface area contributed by atoms with Gasteiger partial charge in [0, 0.05) is 26.1 Å². The Labute approximate surface area is 104 Å². The monoisotopic (exact) mass is 262 g/mol. The van der Waals surface area contributed by atoms with Gasteiger partial charge in [-0.05, 0) is 18.8 Å². The van der Waals surface area contributed by atoms with Gasteiger partial charge in [0.2, 0.25) is 15.9 Å². The number of hydrogen-bond donors (Lipinski definition) is 1. The molecule has 1 N–H and O–H groups in total. The fourth-order valence-corrected chi connectivity index (χ4v) is 3.30. The van der Waals surface area contributed by atoms with Gasteiger partial charge in [-0.1, -0.05) is 13.8 Å². The molecule has 1 aliphatic rings. The molecule has 0 aromatic heterocycles. The number of nitrogens with one attached hydrogen (secondary N) is 1. The van der Waals surface area contributed by atoms with Crippen LogP contribution in [0, 0.1) is 5.92 Å². The predicted octanol–water partition coefficient (Wildman–Crippen LogP) is 0.574. The van der Waals surface area contributed by atoms with E-state index in [0.717, 1.165) is 6.42 Å². The van der Waals surface area contributed by atoms with Crippen LogP contribution in [-0.2, 0) is 14.8 Å². The van der Waals surface area contributed by atoms with Crippen LogP contribution in [0.5, 0.6) is 0 Å². The smallest absolute Gasteiger partial charge is 0.220 e. The SMILES string of the molecule is CC(C)CCC(=O)NCCN1CCCS1(=O)=O. The van der Waals surface area contributed by atoms with E-state index in [0.29, 0.717) is 38.4 Å². The second-order valence-electron chi connectivity index (χ2n) is 4.85. The Morgan fingerprint density at radius 1 is 1.41 bits per heavy atom. The molecule has 5 nitrogen and oxygen atoms in total. The lowest BCUT2D eigenvalue weighted by Crippen LogP contribution is -2.35. The van der Waals surface area contributed by atoms with Crippen LogP contribution in [0.2, 0.25) is 0 Å². The van der Waals surface area contributed by atoms with Gasteiger partial charge in [0.05, 0.1) is 5.75 Å². The molecule has 17 heavy (non-hydrogen) atoms. The summed E-state index contributed by atoms with van der Waals surface area (Å²) in [6.07, 6.45) is 2.09. The lowest BCUT2D eigenvalue weighted by molar-refractivity contribution is -0.121. The first-order valence-electron chi connectivity index (χ1n) is 6.16. The van der Waals surface area contributed by atoms with Crippen molar-refractivity contribution in [3.05, 3.63) is 0 Å². The van der Waals surface area contributed by atoms with Crippen molar-refractivity contribution >= 4 is 15.9 Å². The molecule has 6 heteroatoms. The Hall–Kier alpha value is -0.620. The Morgan fingerprint density at radius 2 is 2.12 bits per heavy atom. The number of carbonyl (C=O) groups is 1. The van der Waals surface area contributed by atoms with E-state index in [9.17, 15) is 13.2 Å². The summed E-state index contributed by atoms with van der Waals surface area (Å²) >= 11 is 0. The summed E-state index contributed by atoms with van der Waals surface area (Å²) in [6.45, 7) is 5.55. The summed E-state index contributed by atoms with van der Waals surface area (Å²) < 4.78 is 24.4. The molecule has 0 unspecified atom stereocenters. The van der Waals surface area contributed by atoms with Gasteiger partial charge < -0.3 is 5.32 Å². The van der Waals surface area contributed by atoms with E-state index in [1.807, 2.05) is 0 Å². The highest BCUT2D eigenvalue weighted by Crippen LogP contribution is 2.11. The minimum Gasteiger partial charge on any atom is -0.355 e. The topological polar surface area (TPSA) is 66.5 Å². The van der Waals surface area contributed by atoms with E-state index < -0.39 is 10.0 Å². The molecule has 0 aliphatic carbocycles. The number of nitrogens with zero attached hydrogens (tertiary/aromatic N) is 1. The quantitative estimate of drug-likeness (QED) is 0.761. The van der Waals surface area contributed by atoms with Crippen molar-refractivity contribution in [1.29, 1.82) is 0 Å². The molecule has 1 amide bonds. The molecule has 1 rings (SSSR count). The third-order valence-corrected chi connectivity index (χ3v) is 4.79. The minimum atomic E-state index is -3.03. The molecule has 0 spiro atoms. The van der Waals surface area contributed by atoms with Crippen LogP contribution in [0.25, 0.3) is 0 Å². The number of rotatable bonds is 6. The number of amides is 1. The summed E-state index contributed by atoms with van der Waals surface area (Å²) in [5.74, 6) is 0.767. The Morgan fingerprint density at radius 3 is 2.65 bits per heavy atom. The molecule has 0 atom stereocenters. The maximum atomic E-state index is 11.5. The third-order valence-electron chi connectivity index (χ3n) is 2.84. The average molecular weight is 262 g/mol. The molecule has 1 heterocycles. The van der Waals surface area contributed by atoms with Crippen LogP contribution in [-0.4, -0.2) is 44.0 Å². The highest BCUT2D eigenvalue weighted by atomic mass is 32.2. The Kier molecular flexibility index (Phi) is 5.39. The highest BCUT2D eigenvalue weighted by molar-refractivity contribution is 7.89. The average Bonchev–Trinajstić information content (AvgIpc) is 2.55. The summed E-state index contributed by atoms with van der Waals surface area (Å²) in [4.78, 5) is 11.4. The van der Waals surface area contributed by atoms with Gasteiger partial charge in [-0.25, -0.2) is 12.7 Å². The normalized spacial score (nSPS) is 19.7. The number of carbonyl (C=O) groups excluding carboxylic acids is 1. The van der Waals surface area contributed by atoms with E-state index in [4.69, 9.17) is 0 Å². The van der Waals surface area contributed by atoms with E-state index >= 15 is 0 Å². The van der Waals surface area contributed by atoms with Gasteiger partial charge in [0.15, 0.2) is 0 Å². The first kappa shape index (κ1) is 14.4. The fourth-order valence-electron chi connectivity index (χ4n) is 1.77. The first-order valence-corrected chi connectivity index (χ1v) is 7.77. The van der Waals surface area contributed by atoms with Crippen molar-refractivity contribution in [3.63, 3.8) is 0 Å². The van der Waals surface area contributed by atoms with Gasteiger partial charge in [0.25, 0.3) is 0 Å². The van der Waals surface area contributed by atoms with Crippen molar-refractivity contribution < 1.29 is 13.2 Å². The maximum Gasteiger partial charge on any atom is 0.220 e. The van der Waals surface area contributed by atoms with Crippen molar-refractivity contribution in [2.75, 3.05) is 25.4 Å². The van der Waals surface area contributed by atoms with Crippen LogP contribution in [0.15, 0.2) is 0 Å². The van der Waals surface area contributed by atoms with Crippen LogP contribution in [0.3, 0.4) is 0 Å². The molecule has 100 valence electrons. The lowest BCUT2D eigenvalue weighted by atomic mass is 10.1. The number of hydrogen-bond acceptors (Lipinski definition) is 3. The van der Waals surface area contributed by atoms with Gasteiger partial charge in [-0.15, -0.1) is 0 Å². The zero-order chi connectivity index (χ0) is 12.9. The van der Waals surface area contributed by atoms with Gasteiger partial charge in [-0.2, -0.15) is 0 Å².